The molecule has 41 heavy (non-hydrogen) atoms. The number of hydrogen-bond acceptors (Lipinski definition) is 9. The number of halogens is 2. The molecule has 0 aliphatic carbocycles. The van der Waals surface area contributed by atoms with E-state index in [0.29, 0.717) is 50.0 Å². The topological polar surface area (TPSA) is 116 Å². The molecule has 0 saturated carbocycles. The van der Waals surface area contributed by atoms with Crippen LogP contribution < -0.4 is 18.9 Å². The molecule has 0 spiro atoms. The summed E-state index contributed by atoms with van der Waals surface area (Å²) in [6.45, 7) is 3.59. The van der Waals surface area contributed by atoms with Crippen molar-refractivity contribution in [3.63, 3.8) is 0 Å². The van der Waals surface area contributed by atoms with Crippen molar-refractivity contribution in [3.05, 3.63) is 77.6 Å². The molecule has 1 N–H and O–H groups in total. The summed E-state index contributed by atoms with van der Waals surface area (Å²) in [5, 5.41) is 0. The quantitative estimate of drug-likeness (QED) is 0.261. The summed E-state index contributed by atoms with van der Waals surface area (Å²) in [5.74, 6) is -3.84. The van der Waals surface area contributed by atoms with Gasteiger partial charge in [0.05, 0.1) is 29.0 Å². The number of nitrogens with zero attached hydrogens (tertiary/aromatic N) is 2. The van der Waals surface area contributed by atoms with Crippen LogP contribution in [0.3, 0.4) is 0 Å². The normalized spacial score (nSPS) is 12.2. The standard InChI is InChI=1S/C28H33F2N3O7S/c1-5-24(23-12-8-20(18-31-23)39-17-16-37-4)40-25-13-11-22(26(29)27(25)30)28(34)32-41(35,36)21-9-6-19(7-10-21)38-15-14-33(2)3/h6-13,18,24H,5,14-17H2,1-4H3,(H,32,34). The van der Waals surface area contributed by atoms with Crippen LogP contribution in [0.25, 0.3) is 0 Å². The zero-order chi connectivity index (χ0) is 30.0. The van der Waals surface area contributed by atoms with E-state index in [1.165, 1.54) is 30.5 Å². The van der Waals surface area contributed by atoms with Crippen LogP contribution in [0.5, 0.6) is 17.2 Å². The highest BCUT2D eigenvalue weighted by atomic mass is 32.2. The molecule has 1 atom stereocenters. The van der Waals surface area contributed by atoms with E-state index in [-0.39, 0.29) is 4.90 Å². The number of ether oxygens (including phenoxy) is 4. The fourth-order valence-electron chi connectivity index (χ4n) is 3.51. The first-order chi connectivity index (χ1) is 19.6. The molecule has 0 aliphatic rings. The van der Waals surface area contributed by atoms with Crippen molar-refractivity contribution in [1.82, 2.24) is 14.6 Å². The lowest BCUT2D eigenvalue weighted by atomic mass is 10.1. The zero-order valence-corrected chi connectivity index (χ0v) is 24.0. The van der Waals surface area contributed by atoms with Gasteiger partial charge in [-0.05, 0) is 69.0 Å². The molecule has 1 aromatic heterocycles. The van der Waals surface area contributed by atoms with Crippen LogP contribution in [0, 0.1) is 11.6 Å². The molecule has 3 rings (SSSR count). The van der Waals surface area contributed by atoms with E-state index in [4.69, 9.17) is 18.9 Å². The van der Waals surface area contributed by atoms with Gasteiger partial charge in [0.25, 0.3) is 15.9 Å². The molecule has 0 radical (unpaired) electrons. The molecule has 1 heterocycles. The number of rotatable bonds is 15. The summed E-state index contributed by atoms with van der Waals surface area (Å²) >= 11 is 0. The number of carbonyl (C=O) groups is 1. The Hall–Kier alpha value is -3.81. The first-order valence-corrected chi connectivity index (χ1v) is 14.2. The Morgan fingerprint density at radius 2 is 1.63 bits per heavy atom. The van der Waals surface area contributed by atoms with Gasteiger partial charge in [-0.1, -0.05) is 6.92 Å². The highest BCUT2D eigenvalue weighted by molar-refractivity contribution is 7.90. The number of pyridine rings is 1. The van der Waals surface area contributed by atoms with E-state index >= 15 is 0 Å². The van der Waals surface area contributed by atoms with E-state index in [9.17, 15) is 22.0 Å². The molecule has 13 heteroatoms. The second kappa shape index (κ2) is 14.7. The van der Waals surface area contributed by atoms with Crippen LogP contribution in [0.15, 0.2) is 59.6 Å². The van der Waals surface area contributed by atoms with Gasteiger partial charge in [-0.15, -0.1) is 0 Å². The second-order valence-electron chi connectivity index (χ2n) is 9.07. The summed E-state index contributed by atoms with van der Waals surface area (Å²) in [6.07, 6.45) is 1.12. The number of hydrogen-bond donors (Lipinski definition) is 1. The summed E-state index contributed by atoms with van der Waals surface area (Å²) in [6, 6.07) is 10.7. The molecule has 0 bridgehead atoms. The van der Waals surface area contributed by atoms with Gasteiger partial charge in [0.2, 0.25) is 5.82 Å². The van der Waals surface area contributed by atoms with Crippen molar-refractivity contribution in [3.8, 4) is 17.2 Å². The van der Waals surface area contributed by atoms with Gasteiger partial charge in [0.15, 0.2) is 11.6 Å². The number of carbonyl (C=O) groups excluding carboxylic acids is 1. The number of methoxy groups -OCH3 is 1. The second-order valence-corrected chi connectivity index (χ2v) is 10.8. The number of likely N-dealkylation sites (N-methyl/N-ethyl adjacent to an activating group) is 1. The van der Waals surface area contributed by atoms with Gasteiger partial charge in [-0.2, -0.15) is 4.39 Å². The third-order valence-corrected chi connectivity index (χ3v) is 7.09. The van der Waals surface area contributed by atoms with Crippen LogP contribution in [0.4, 0.5) is 8.78 Å². The van der Waals surface area contributed by atoms with Crippen LogP contribution >= 0.6 is 0 Å². The Balaban J connectivity index is 1.68. The predicted molar refractivity (Wildman–Crippen MR) is 147 cm³/mol. The molecule has 10 nitrogen and oxygen atoms in total. The summed E-state index contributed by atoms with van der Waals surface area (Å²) < 4.78 is 78.5. The molecular weight excluding hydrogens is 560 g/mol. The molecule has 3 aromatic rings. The van der Waals surface area contributed by atoms with E-state index in [2.05, 4.69) is 4.98 Å². The maximum absolute atomic E-state index is 14.9. The van der Waals surface area contributed by atoms with Crippen LogP contribution in [-0.2, 0) is 14.8 Å². The van der Waals surface area contributed by atoms with Gasteiger partial charge >= 0.3 is 0 Å². The SMILES string of the molecule is CCC(Oc1ccc(C(=O)NS(=O)(=O)c2ccc(OCCN(C)C)cc2)c(F)c1F)c1ccc(OCCOC)cn1. The summed E-state index contributed by atoms with van der Waals surface area (Å²) in [7, 11) is 0.954. The fourth-order valence-corrected chi connectivity index (χ4v) is 4.48. The molecular formula is C28H33F2N3O7S. The molecule has 222 valence electrons. The molecule has 0 aliphatic heterocycles. The molecule has 2 aromatic carbocycles. The van der Waals surface area contributed by atoms with Gasteiger partial charge in [0.1, 0.15) is 30.8 Å². The van der Waals surface area contributed by atoms with E-state index in [1.807, 2.05) is 19.0 Å². The third kappa shape index (κ3) is 8.84. The Bertz CT molecular complexity index is 1400. The van der Waals surface area contributed by atoms with Crippen molar-refractivity contribution in [2.45, 2.75) is 24.3 Å². The van der Waals surface area contributed by atoms with Crippen LogP contribution in [-0.4, -0.2) is 71.8 Å². The van der Waals surface area contributed by atoms with Crippen molar-refractivity contribution < 1.29 is 40.9 Å². The Morgan fingerprint density at radius 1 is 0.951 bits per heavy atom. The zero-order valence-electron chi connectivity index (χ0n) is 23.2. The molecule has 1 unspecified atom stereocenters. The van der Waals surface area contributed by atoms with Crippen molar-refractivity contribution in [2.24, 2.45) is 0 Å². The van der Waals surface area contributed by atoms with Gasteiger partial charge in [-0.25, -0.2) is 17.5 Å². The average molecular weight is 594 g/mol. The minimum atomic E-state index is -4.38. The van der Waals surface area contributed by atoms with E-state index < -0.39 is 45.0 Å². The minimum Gasteiger partial charge on any atom is -0.492 e. The minimum absolute atomic E-state index is 0.250. The van der Waals surface area contributed by atoms with Gasteiger partial charge in [0, 0.05) is 13.7 Å². The average Bonchev–Trinajstić information content (AvgIpc) is 2.94. The largest absolute Gasteiger partial charge is 0.492 e. The number of nitrogens with one attached hydrogen (secondary N) is 1. The lowest BCUT2D eigenvalue weighted by Crippen LogP contribution is -2.31. The fraction of sp³-hybridized carbons (Fsp3) is 0.357. The lowest BCUT2D eigenvalue weighted by Gasteiger charge is -2.18. The highest BCUT2D eigenvalue weighted by Gasteiger charge is 2.25. The number of benzene rings is 2. The molecule has 0 fully saturated rings. The number of aromatic nitrogens is 1. The monoisotopic (exact) mass is 593 g/mol. The number of amides is 1. The molecule has 1 amide bonds. The first kappa shape index (κ1) is 31.7. The highest BCUT2D eigenvalue weighted by Crippen LogP contribution is 2.29. The number of sulfonamides is 1. The summed E-state index contributed by atoms with van der Waals surface area (Å²) in [5.41, 5.74) is -0.348. The Labute approximate surface area is 238 Å². The summed E-state index contributed by atoms with van der Waals surface area (Å²) in [4.78, 5) is 18.6. The van der Waals surface area contributed by atoms with E-state index in [0.717, 1.165) is 12.1 Å². The smallest absolute Gasteiger partial charge is 0.268 e. The van der Waals surface area contributed by atoms with Crippen molar-refractivity contribution in [1.29, 1.82) is 0 Å². The Kier molecular flexibility index (Phi) is 11.4. The van der Waals surface area contributed by atoms with E-state index in [1.54, 1.807) is 30.9 Å². The Morgan fingerprint density at radius 3 is 2.24 bits per heavy atom. The maximum Gasteiger partial charge on any atom is 0.268 e. The van der Waals surface area contributed by atoms with Gasteiger partial charge in [-0.3, -0.25) is 9.78 Å². The van der Waals surface area contributed by atoms with Crippen molar-refractivity contribution >= 4 is 15.9 Å². The van der Waals surface area contributed by atoms with Crippen LogP contribution in [0.2, 0.25) is 0 Å². The van der Waals surface area contributed by atoms with Crippen LogP contribution in [0.1, 0.15) is 35.5 Å². The first-order valence-electron chi connectivity index (χ1n) is 12.7. The van der Waals surface area contributed by atoms with Gasteiger partial charge < -0.3 is 23.8 Å². The molecule has 0 saturated heterocycles. The van der Waals surface area contributed by atoms with Crippen molar-refractivity contribution in [2.75, 3.05) is 47.6 Å². The third-order valence-electron chi connectivity index (χ3n) is 5.75. The lowest BCUT2D eigenvalue weighted by molar-refractivity contribution is 0.0976. The predicted octanol–water partition coefficient (Wildman–Crippen LogP) is 3.97. The maximum atomic E-state index is 14.9.